The highest BCUT2D eigenvalue weighted by molar-refractivity contribution is 7.22. The maximum absolute atomic E-state index is 13.7. The molecule has 0 radical (unpaired) electrons. The van der Waals surface area contributed by atoms with E-state index in [1.54, 1.807) is 0 Å². The molecule has 5 aromatic rings. The zero-order chi connectivity index (χ0) is 28.1. The predicted molar refractivity (Wildman–Crippen MR) is 156 cm³/mol. The van der Waals surface area contributed by atoms with Crippen LogP contribution in [-0.4, -0.2) is 37.8 Å². The van der Waals surface area contributed by atoms with Gasteiger partial charge >= 0.3 is 5.91 Å². The van der Waals surface area contributed by atoms with Crippen LogP contribution in [0.25, 0.3) is 21.6 Å². The number of ether oxygens (including phenoxy) is 1. The lowest BCUT2D eigenvalue weighted by Gasteiger charge is -2.23. The number of aromatic nitrogens is 3. The number of carbonyl (C=O) groups excluding carboxylic acids is 2. The number of aryl methyl sites for hydroxylation is 3. The number of anilines is 1. The number of carbonyl (C=O) groups is 2. The summed E-state index contributed by atoms with van der Waals surface area (Å²) in [6.45, 7) is 8.27. The second-order valence-corrected chi connectivity index (χ2v) is 10.8. The third kappa shape index (κ3) is 4.05. The number of amides is 1. The number of hydrogen-bond donors (Lipinski definition) is 1. The van der Waals surface area contributed by atoms with Gasteiger partial charge < -0.3 is 14.2 Å². The van der Waals surface area contributed by atoms with Crippen molar-refractivity contribution in [3.05, 3.63) is 94.4 Å². The number of hydrogen-bond acceptors (Lipinski definition) is 7. The molecule has 1 atom stereocenters. The van der Waals surface area contributed by atoms with E-state index in [0.29, 0.717) is 39.9 Å². The van der Waals surface area contributed by atoms with E-state index in [4.69, 9.17) is 9.72 Å². The first-order valence-electron chi connectivity index (χ1n) is 13.2. The number of aliphatic hydroxyl groups excluding tert-OH is 1. The van der Waals surface area contributed by atoms with E-state index < -0.39 is 17.7 Å². The number of nitrogens with zero attached hydrogens (tertiary/aromatic N) is 4. The minimum atomic E-state index is -0.872. The number of thiazole rings is 1. The fourth-order valence-electron chi connectivity index (χ4n) is 5.21. The van der Waals surface area contributed by atoms with Crippen LogP contribution in [0.4, 0.5) is 5.13 Å². The topological polar surface area (TPSA) is 97.0 Å². The molecule has 1 aliphatic rings. The molecule has 0 bridgehead atoms. The van der Waals surface area contributed by atoms with Crippen molar-refractivity contribution >= 4 is 49.8 Å². The molecule has 0 saturated carbocycles. The number of Topliss-reactive ketones (excluding diaryl/α,β-unsaturated/α-hetero) is 1. The fourth-order valence-corrected chi connectivity index (χ4v) is 6.23. The molecule has 2 aromatic carbocycles. The van der Waals surface area contributed by atoms with Crippen LogP contribution in [0, 0.1) is 13.8 Å². The molecule has 1 N–H and O–H groups in total. The van der Waals surface area contributed by atoms with E-state index >= 15 is 0 Å². The van der Waals surface area contributed by atoms with Gasteiger partial charge in [0.2, 0.25) is 0 Å². The molecule has 1 unspecified atom stereocenters. The lowest BCUT2D eigenvalue weighted by Crippen LogP contribution is -2.29. The molecule has 9 heteroatoms. The molecule has 1 amide bonds. The van der Waals surface area contributed by atoms with Crippen molar-refractivity contribution in [1.29, 1.82) is 0 Å². The maximum Gasteiger partial charge on any atom is 0.301 e. The lowest BCUT2D eigenvalue weighted by molar-refractivity contribution is -0.132. The van der Waals surface area contributed by atoms with Crippen molar-refractivity contribution in [3.63, 3.8) is 0 Å². The first kappa shape index (κ1) is 25.8. The molecule has 202 valence electrons. The van der Waals surface area contributed by atoms with E-state index in [9.17, 15) is 14.7 Å². The average Bonchev–Trinajstić information content (AvgIpc) is 3.61. The molecular formula is C31H28N4O4S. The van der Waals surface area contributed by atoms with Gasteiger partial charge in [-0.05, 0) is 68.1 Å². The number of imidazole rings is 1. The van der Waals surface area contributed by atoms with Gasteiger partial charge in [-0.15, -0.1) is 0 Å². The number of aliphatic hydroxyl groups is 1. The minimum absolute atomic E-state index is 0.00679. The van der Waals surface area contributed by atoms with Crippen LogP contribution in [0.3, 0.4) is 0 Å². The van der Waals surface area contributed by atoms with E-state index in [0.717, 1.165) is 22.2 Å². The maximum atomic E-state index is 13.7. The van der Waals surface area contributed by atoms with Crippen molar-refractivity contribution in [2.75, 3.05) is 11.5 Å². The Hall–Kier alpha value is -4.50. The second-order valence-electron chi connectivity index (χ2n) is 9.75. The van der Waals surface area contributed by atoms with Crippen LogP contribution < -0.4 is 9.64 Å². The Labute approximate surface area is 235 Å². The molecule has 4 heterocycles. The van der Waals surface area contributed by atoms with Crippen LogP contribution in [0.15, 0.2) is 66.4 Å². The van der Waals surface area contributed by atoms with Crippen molar-refractivity contribution in [1.82, 2.24) is 14.4 Å². The van der Waals surface area contributed by atoms with Crippen LogP contribution >= 0.6 is 11.3 Å². The fraction of sp³-hybridized carbons (Fsp3) is 0.226. The van der Waals surface area contributed by atoms with Crippen LogP contribution in [0.2, 0.25) is 0 Å². The van der Waals surface area contributed by atoms with E-state index in [1.165, 1.54) is 16.2 Å². The summed E-state index contributed by atoms with van der Waals surface area (Å²) in [6.07, 6.45) is 2.71. The highest BCUT2D eigenvalue weighted by Gasteiger charge is 2.48. The molecule has 1 saturated heterocycles. The van der Waals surface area contributed by atoms with Gasteiger partial charge in [0.05, 0.1) is 34.1 Å². The molecule has 6 rings (SSSR count). The Morgan fingerprint density at radius 2 is 1.82 bits per heavy atom. The Kier molecular flexibility index (Phi) is 6.38. The summed E-state index contributed by atoms with van der Waals surface area (Å²) in [5.74, 6) is -1.11. The van der Waals surface area contributed by atoms with Gasteiger partial charge in [0, 0.05) is 6.20 Å². The summed E-state index contributed by atoms with van der Waals surface area (Å²) < 4.78 is 8.33. The quantitative estimate of drug-likeness (QED) is 0.154. The molecule has 0 spiro atoms. The summed E-state index contributed by atoms with van der Waals surface area (Å²) in [7, 11) is 0. The summed E-state index contributed by atoms with van der Waals surface area (Å²) in [5.41, 5.74) is 5.05. The van der Waals surface area contributed by atoms with Crippen molar-refractivity contribution in [3.8, 4) is 5.75 Å². The normalized spacial score (nSPS) is 16.9. The molecule has 40 heavy (non-hydrogen) atoms. The van der Waals surface area contributed by atoms with E-state index in [1.807, 2.05) is 86.0 Å². The number of pyridine rings is 1. The summed E-state index contributed by atoms with van der Waals surface area (Å²) >= 11 is 1.30. The largest absolute Gasteiger partial charge is 0.505 e. The molecule has 3 aromatic heterocycles. The highest BCUT2D eigenvalue weighted by atomic mass is 32.1. The zero-order valence-corrected chi connectivity index (χ0v) is 23.5. The standard InChI is InChI=1S/C31H28N4O4S/c1-5-19-9-11-20(12-10-19)26-24(27(36)25-18(4)34-15-7-8-17(3)29(34)33-25)28(37)30(38)35(26)31-32-22-14-13-21(39-6-2)16-23(22)40-31/h7-16,26,36H,5-6H2,1-4H3. The van der Waals surface area contributed by atoms with Crippen molar-refractivity contribution in [2.24, 2.45) is 0 Å². The van der Waals surface area contributed by atoms with Gasteiger partial charge in [-0.25, -0.2) is 9.97 Å². The van der Waals surface area contributed by atoms with E-state index in [-0.39, 0.29) is 17.0 Å². The first-order valence-corrected chi connectivity index (χ1v) is 14.0. The van der Waals surface area contributed by atoms with Gasteiger partial charge in [-0.2, -0.15) is 0 Å². The Balaban J connectivity index is 1.56. The molecule has 1 fully saturated rings. The molecule has 1 aliphatic heterocycles. The SMILES string of the molecule is CCOc1ccc2nc(N3C(=O)C(=O)C(=C(O)c4nc5c(C)cccn5c4C)C3c3ccc(CC)cc3)sc2c1. The highest BCUT2D eigenvalue weighted by Crippen LogP contribution is 2.45. The summed E-state index contributed by atoms with van der Waals surface area (Å²) in [6, 6.07) is 16.3. The lowest BCUT2D eigenvalue weighted by atomic mass is 9.95. The van der Waals surface area contributed by atoms with Gasteiger partial charge in [-0.1, -0.05) is 48.6 Å². The number of benzene rings is 2. The Bertz CT molecular complexity index is 1830. The monoisotopic (exact) mass is 552 g/mol. The predicted octanol–water partition coefficient (Wildman–Crippen LogP) is 6.15. The second kappa shape index (κ2) is 9.91. The molecule has 8 nitrogen and oxygen atoms in total. The van der Waals surface area contributed by atoms with Gasteiger partial charge in [0.15, 0.2) is 10.9 Å². The van der Waals surface area contributed by atoms with E-state index in [2.05, 4.69) is 11.9 Å². The van der Waals surface area contributed by atoms with Gasteiger partial charge in [0.1, 0.15) is 17.1 Å². The average molecular weight is 553 g/mol. The Morgan fingerprint density at radius 3 is 2.52 bits per heavy atom. The third-order valence-electron chi connectivity index (χ3n) is 7.32. The van der Waals surface area contributed by atoms with Gasteiger partial charge in [0.25, 0.3) is 5.78 Å². The summed E-state index contributed by atoms with van der Waals surface area (Å²) in [5, 5.41) is 12.1. The number of ketones is 1. The molecule has 0 aliphatic carbocycles. The molecular weight excluding hydrogens is 524 g/mol. The summed E-state index contributed by atoms with van der Waals surface area (Å²) in [4.78, 5) is 38.1. The Morgan fingerprint density at radius 1 is 1.05 bits per heavy atom. The van der Waals surface area contributed by atoms with Crippen molar-refractivity contribution in [2.45, 2.75) is 40.2 Å². The van der Waals surface area contributed by atoms with Crippen molar-refractivity contribution < 1.29 is 19.4 Å². The minimum Gasteiger partial charge on any atom is -0.505 e. The number of rotatable bonds is 6. The smallest absolute Gasteiger partial charge is 0.301 e. The third-order valence-corrected chi connectivity index (χ3v) is 8.34. The van der Waals surface area contributed by atoms with Crippen LogP contribution in [-0.2, 0) is 16.0 Å². The number of fused-ring (bicyclic) bond motifs is 2. The zero-order valence-electron chi connectivity index (χ0n) is 22.6. The first-order chi connectivity index (χ1) is 19.3. The van der Waals surface area contributed by atoms with Crippen LogP contribution in [0.1, 0.15) is 48.0 Å². The van der Waals surface area contributed by atoms with Crippen LogP contribution in [0.5, 0.6) is 5.75 Å². The van der Waals surface area contributed by atoms with Gasteiger partial charge in [-0.3, -0.25) is 14.5 Å².